The van der Waals surface area contributed by atoms with Gasteiger partial charge in [0.05, 0.1) is 30.0 Å². The number of rotatable bonds is 18. The van der Waals surface area contributed by atoms with Gasteiger partial charge in [-0.25, -0.2) is 0 Å². The second-order valence-corrected chi connectivity index (χ2v) is 45.6. The number of allylic oxidation sites excluding steroid dienone is 2. The van der Waals surface area contributed by atoms with Gasteiger partial charge in [0.2, 0.25) is 0 Å². The summed E-state index contributed by atoms with van der Waals surface area (Å²) in [6, 6.07) is 33.0. The first kappa shape index (κ1) is 63.3. The van der Waals surface area contributed by atoms with Gasteiger partial charge in [0.1, 0.15) is 6.10 Å². The summed E-state index contributed by atoms with van der Waals surface area (Å²) in [5, 5.41) is 3.88. The molecule has 5 saturated heterocycles. The van der Waals surface area contributed by atoms with E-state index in [1.54, 1.807) is 0 Å². The van der Waals surface area contributed by atoms with Crippen LogP contribution in [0.1, 0.15) is 167 Å². The topological polar surface area (TPSA) is 73.8 Å². The van der Waals surface area contributed by atoms with E-state index in [0.717, 1.165) is 77.0 Å². The van der Waals surface area contributed by atoms with Crippen molar-refractivity contribution in [1.29, 1.82) is 0 Å². The molecule has 5 fully saturated rings. The Hall–Kier alpha value is -1.75. The van der Waals surface area contributed by atoms with E-state index in [2.05, 4.69) is 219 Å². The summed E-state index contributed by atoms with van der Waals surface area (Å²) in [6.07, 6.45) is 14.5. The van der Waals surface area contributed by atoms with Crippen LogP contribution < -0.4 is 14.8 Å². The number of hydrogen-bond acceptors (Lipinski definition) is 8. The van der Waals surface area contributed by atoms with Gasteiger partial charge >= 0.3 is 216 Å². The fraction of sp³-hybridized carbons (Fsp3) is 0.701. The van der Waals surface area contributed by atoms with Gasteiger partial charge in [-0.05, 0) is 72.6 Å². The van der Waals surface area contributed by atoms with Gasteiger partial charge in [0.15, 0.2) is 8.32 Å². The SMILES string of the molecule is C[C@H]1C[C@@H]2O[C@@H]3C[C@@H]4O[C@@H]5CC[C@](C)(O[Si](C)(C)C(C)(C)C)[C@@H](CC/C=C\CC[Se]c6ccccc6)O[C@H]5CC[C@@]4(C)O[C@H]3[C@@H](O[Si](C)(C)C(C)(C)C)C[C@@]2(C)O[C@H]1CCCO[Si](c1ccccc1)(c1ccccc1)C(C)(C)C. The van der Waals surface area contributed by atoms with Crippen LogP contribution in [0.15, 0.2) is 103 Å². The van der Waals surface area contributed by atoms with Crippen LogP contribution in [0.4, 0.5) is 0 Å². The van der Waals surface area contributed by atoms with Crippen LogP contribution in [0, 0.1) is 5.92 Å². The maximum absolute atomic E-state index is 7.67. The summed E-state index contributed by atoms with van der Waals surface area (Å²) in [5.41, 5.74) is -1.52. The van der Waals surface area contributed by atoms with Crippen molar-refractivity contribution in [2.45, 2.75) is 285 Å². The first-order chi connectivity index (χ1) is 37.0. The van der Waals surface area contributed by atoms with E-state index in [9.17, 15) is 0 Å². The van der Waals surface area contributed by atoms with Crippen LogP contribution in [0.5, 0.6) is 0 Å². The first-order valence-corrected chi connectivity index (χ1v) is 40.6. The minimum Gasteiger partial charge on any atom is -0.411 e. The third-order valence-corrected chi connectivity index (χ3v) is 36.5. The Kier molecular flexibility index (Phi) is 20.1. The molecule has 0 spiro atoms. The van der Waals surface area contributed by atoms with Gasteiger partial charge in [0.25, 0.3) is 8.32 Å². The predicted molar refractivity (Wildman–Crippen MR) is 335 cm³/mol. The molecule has 0 amide bonds. The number of hydrogen-bond donors (Lipinski definition) is 0. The molecule has 5 aliphatic rings. The summed E-state index contributed by atoms with van der Waals surface area (Å²) < 4.78 is 61.8. The minimum absolute atomic E-state index is 0.0157. The third-order valence-electron chi connectivity index (χ3n) is 20.1. The van der Waals surface area contributed by atoms with E-state index in [0.29, 0.717) is 27.5 Å². The van der Waals surface area contributed by atoms with Gasteiger partial charge in [0, 0.05) is 19.4 Å². The third kappa shape index (κ3) is 14.3. The second kappa shape index (κ2) is 25.1. The van der Waals surface area contributed by atoms with Crippen LogP contribution in [0.2, 0.25) is 46.6 Å². The van der Waals surface area contributed by atoms with Crippen LogP contribution in [0.25, 0.3) is 0 Å². The zero-order chi connectivity index (χ0) is 57.3. The van der Waals surface area contributed by atoms with Gasteiger partial charge < -0.3 is 23.1 Å². The molecule has 13 atom stereocenters. The summed E-state index contributed by atoms with van der Waals surface area (Å²) in [5.74, 6) is 0.307. The van der Waals surface area contributed by atoms with Crippen molar-refractivity contribution in [3.8, 4) is 0 Å². The zero-order valence-corrected chi connectivity index (χ0v) is 56.9. The van der Waals surface area contributed by atoms with Crippen LogP contribution in [-0.2, 0) is 37.0 Å². The molecular formula is C67H106O8SeSi3. The molecular weight excluding hydrogens is 1100 g/mol. The Labute approximate surface area is 489 Å². The van der Waals surface area contributed by atoms with Crippen molar-refractivity contribution in [3.05, 3.63) is 103 Å². The van der Waals surface area contributed by atoms with Crippen molar-refractivity contribution in [3.63, 3.8) is 0 Å². The van der Waals surface area contributed by atoms with Crippen molar-refractivity contribution < 1.29 is 37.0 Å². The Morgan fingerprint density at radius 1 is 0.620 bits per heavy atom. The monoisotopic (exact) mass is 1200 g/mol. The predicted octanol–water partition coefficient (Wildman–Crippen LogP) is 14.7. The summed E-state index contributed by atoms with van der Waals surface area (Å²) in [4.78, 5) is 0. The molecule has 0 bridgehead atoms. The Balaban J connectivity index is 0.991. The van der Waals surface area contributed by atoms with E-state index >= 15 is 0 Å². The maximum atomic E-state index is 7.67. The first-order valence-electron chi connectivity index (χ1n) is 30.8. The van der Waals surface area contributed by atoms with Gasteiger partial charge in [-0.3, -0.25) is 0 Å². The molecule has 0 radical (unpaired) electrons. The van der Waals surface area contributed by atoms with Crippen molar-refractivity contribution in [2.24, 2.45) is 5.92 Å². The molecule has 8 rings (SSSR count). The van der Waals surface area contributed by atoms with Gasteiger partial charge in [-0.15, -0.1) is 0 Å². The quantitative estimate of drug-likeness (QED) is 0.0709. The fourth-order valence-electron chi connectivity index (χ4n) is 13.3. The van der Waals surface area contributed by atoms with Crippen LogP contribution >= 0.6 is 0 Å². The number of fused-ring (bicyclic) bond motifs is 4. The molecule has 3 aromatic carbocycles. The molecule has 0 N–H and O–H groups in total. The molecule has 5 heterocycles. The van der Waals surface area contributed by atoms with Crippen molar-refractivity contribution in [1.82, 2.24) is 0 Å². The Morgan fingerprint density at radius 2 is 1.18 bits per heavy atom. The molecule has 12 heteroatoms. The van der Waals surface area contributed by atoms with E-state index in [-0.39, 0.29) is 70.1 Å². The van der Waals surface area contributed by atoms with Crippen molar-refractivity contribution >= 4 is 54.7 Å². The standard InChI is InChI=1S/C67H106O8SeSi3/c1-49-46-59-67(13,72-53(49)38-31-44-68-79(64(8,9)10,51-34-25-21-26-35-51)52-36-27-22-28-37-52)48-57(74-77(14,15)62(2,3)4)61-56(71-59)47-60-65(11,73-61)42-40-54-55(70-60)41-43-66(12,75-78(16,17)63(5,6)7)58(69-54)39-29-18-19-30-45-76-50-32-23-20-24-33-50/h18-28,32-37,49,53-61H,29-31,38-48H2,1-17H3/b19-18-/t49-,53-,54-,55+,56+,57-,58+,59-,60-,61+,65+,66-,67+/m0/s1. The molecule has 0 unspecified atom stereocenters. The normalized spacial score (nSPS) is 33.2. The van der Waals surface area contributed by atoms with Crippen molar-refractivity contribution in [2.75, 3.05) is 6.61 Å². The second-order valence-electron chi connectivity index (χ2n) is 29.3. The average molecular weight is 1200 g/mol. The molecule has 440 valence electrons. The zero-order valence-electron chi connectivity index (χ0n) is 52.2. The van der Waals surface area contributed by atoms with E-state index in [1.165, 1.54) is 20.2 Å². The molecule has 0 aliphatic carbocycles. The molecule has 8 nitrogen and oxygen atoms in total. The number of ether oxygens (including phenoxy) is 5. The van der Waals surface area contributed by atoms with E-state index in [4.69, 9.17) is 37.0 Å². The molecule has 0 saturated carbocycles. The molecule has 79 heavy (non-hydrogen) atoms. The van der Waals surface area contributed by atoms with Crippen LogP contribution in [0.3, 0.4) is 0 Å². The van der Waals surface area contributed by atoms with E-state index in [1.807, 2.05) is 0 Å². The summed E-state index contributed by atoms with van der Waals surface area (Å²) in [6.45, 7) is 40.8. The fourth-order valence-corrected chi connectivity index (χ4v) is 22.7. The minimum atomic E-state index is -2.66. The number of benzene rings is 3. The summed E-state index contributed by atoms with van der Waals surface area (Å²) in [7, 11) is -7.10. The van der Waals surface area contributed by atoms with E-state index < -0.39 is 41.8 Å². The molecule has 5 aliphatic heterocycles. The van der Waals surface area contributed by atoms with Gasteiger partial charge in [-0.2, -0.15) is 0 Å². The Morgan fingerprint density at radius 3 is 1.78 bits per heavy atom. The van der Waals surface area contributed by atoms with Gasteiger partial charge in [-0.1, -0.05) is 109 Å². The summed E-state index contributed by atoms with van der Waals surface area (Å²) >= 11 is 0.499. The molecule has 3 aromatic rings. The smallest absolute Gasteiger partial charge is 0.411 e. The Bertz CT molecular complexity index is 2380. The average Bonchev–Trinajstić information content (AvgIpc) is 3.98. The molecule has 0 aromatic heterocycles. The van der Waals surface area contributed by atoms with Crippen LogP contribution in [-0.4, -0.2) is 118 Å².